The minimum Gasteiger partial charge on any atom is -0.399 e. The molecule has 0 N–H and O–H groups in total. The fourth-order valence-electron chi connectivity index (χ4n) is 1.09. The van der Waals surface area contributed by atoms with Crippen molar-refractivity contribution in [1.29, 1.82) is 0 Å². The zero-order valence-electron chi connectivity index (χ0n) is 9.15. The molecule has 0 bridgehead atoms. The average molecular weight is 244 g/mol. The zero-order chi connectivity index (χ0) is 12.8. The van der Waals surface area contributed by atoms with E-state index in [-0.39, 0.29) is 11.8 Å². The van der Waals surface area contributed by atoms with Crippen LogP contribution >= 0.6 is 0 Å². The standard InChI is InChI=1S/C12H8N2O4/c15-11(17-9-5-1-3-7-13-9)12(16)18-10-6-2-4-8-14-10/h1-8H. The van der Waals surface area contributed by atoms with E-state index < -0.39 is 11.9 Å². The molecule has 2 aromatic rings. The third kappa shape index (κ3) is 3.11. The molecule has 0 spiro atoms. The Labute approximate surface area is 102 Å². The summed E-state index contributed by atoms with van der Waals surface area (Å²) in [6.45, 7) is 0. The SMILES string of the molecule is O=C(Oc1ccccn1)C(=O)Oc1ccccn1. The summed E-state index contributed by atoms with van der Waals surface area (Å²) in [6.07, 6.45) is 2.87. The van der Waals surface area contributed by atoms with E-state index in [0.717, 1.165) is 0 Å². The molecule has 0 aliphatic carbocycles. The van der Waals surface area contributed by atoms with Gasteiger partial charge in [0.05, 0.1) is 0 Å². The summed E-state index contributed by atoms with van der Waals surface area (Å²) in [7, 11) is 0. The lowest BCUT2D eigenvalue weighted by Crippen LogP contribution is -2.26. The second-order valence-corrected chi connectivity index (χ2v) is 3.11. The van der Waals surface area contributed by atoms with Gasteiger partial charge in [0.15, 0.2) is 0 Å². The van der Waals surface area contributed by atoms with E-state index in [2.05, 4.69) is 9.97 Å². The Morgan fingerprint density at radius 1 is 0.778 bits per heavy atom. The van der Waals surface area contributed by atoms with Crippen molar-refractivity contribution in [3.63, 3.8) is 0 Å². The summed E-state index contributed by atoms with van der Waals surface area (Å²) in [4.78, 5) is 30.2. The van der Waals surface area contributed by atoms with Crippen LogP contribution in [0.4, 0.5) is 0 Å². The second kappa shape index (κ2) is 5.53. The lowest BCUT2D eigenvalue weighted by atomic mass is 10.5. The second-order valence-electron chi connectivity index (χ2n) is 3.11. The highest BCUT2D eigenvalue weighted by Gasteiger charge is 2.20. The van der Waals surface area contributed by atoms with Gasteiger partial charge in [0, 0.05) is 24.5 Å². The van der Waals surface area contributed by atoms with Gasteiger partial charge in [0.2, 0.25) is 11.8 Å². The Bertz CT molecular complexity index is 491. The Hall–Kier alpha value is -2.76. The maximum Gasteiger partial charge on any atom is 0.424 e. The lowest BCUT2D eigenvalue weighted by molar-refractivity contribution is -0.156. The predicted molar refractivity (Wildman–Crippen MR) is 59.7 cm³/mol. The Morgan fingerprint density at radius 2 is 1.22 bits per heavy atom. The molecule has 6 nitrogen and oxygen atoms in total. The number of aromatic nitrogens is 2. The van der Waals surface area contributed by atoms with Crippen molar-refractivity contribution in [2.75, 3.05) is 0 Å². The van der Waals surface area contributed by atoms with Crippen LogP contribution < -0.4 is 9.47 Å². The molecule has 90 valence electrons. The van der Waals surface area contributed by atoms with Gasteiger partial charge in [-0.15, -0.1) is 0 Å². The number of ether oxygens (including phenoxy) is 2. The van der Waals surface area contributed by atoms with Gasteiger partial charge in [-0.2, -0.15) is 0 Å². The Morgan fingerprint density at radius 3 is 1.56 bits per heavy atom. The van der Waals surface area contributed by atoms with Gasteiger partial charge in [-0.25, -0.2) is 19.6 Å². The molecule has 0 aliphatic rings. The van der Waals surface area contributed by atoms with E-state index in [1.54, 1.807) is 24.3 Å². The van der Waals surface area contributed by atoms with Gasteiger partial charge in [0.25, 0.3) is 0 Å². The van der Waals surface area contributed by atoms with E-state index in [1.807, 2.05) is 0 Å². The van der Waals surface area contributed by atoms with Crippen LogP contribution in [0.25, 0.3) is 0 Å². The summed E-state index contributed by atoms with van der Waals surface area (Å²) in [5.41, 5.74) is 0. The van der Waals surface area contributed by atoms with E-state index in [4.69, 9.17) is 9.47 Å². The van der Waals surface area contributed by atoms with Crippen LogP contribution in [-0.2, 0) is 9.59 Å². The molecule has 2 rings (SSSR count). The first-order chi connectivity index (χ1) is 8.75. The first kappa shape index (κ1) is 11.7. The van der Waals surface area contributed by atoms with Crippen molar-refractivity contribution in [2.45, 2.75) is 0 Å². The minimum atomic E-state index is -1.15. The van der Waals surface area contributed by atoms with E-state index in [1.165, 1.54) is 24.5 Å². The van der Waals surface area contributed by atoms with Gasteiger partial charge < -0.3 is 9.47 Å². The van der Waals surface area contributed by atoms with Crippen molar-refractivity contribution < 1.29 is 19.1 Å². The van der Waals surface area contributed by atoms with Crippen molar-refractivity contribution >= 4 is 11.9 Å². The predicted octanol–water partition coefficient (Wildman–Crippen LogP) is 0.988. The third-order valence-corrected chi connectivity index (χ3v) is 1.84. The molecule has 0 saturated heterocycles. The van der Waals surface area contributed by atoms with Gasteiger partial charge in [-0.3, -0.25) is 0 Å². The quantitative estimate of drug-likeness (QED) is 0.579. The summed E-state index contributed by atoms with van der Waals surface area (Å²) in [5, 5.41) is 0. The van der Waals surface area contributed by atoms with E-state index >= 15 is 0 Å². The number of carbonyl (C=O) groups is 2. The van der Waals surface area contributed by atoms with Crippen LogP contribution in [-0.4, -0.2) is 21.9 Å². The number of hydrogen-bond acceptors (Lipinski definition) is 6. The highest BCUT2D eigenvalue weighted by molar-refractivity contribution is 6.30. The minimum absolute atomic E-state index is 0.0282. The van der Waals surface area contributed by atoms with Crippen LogP contribution in [0.1, 0.15) is 0 Å². The number of hydrogen-bond donors (Lipinski definition) is 0. The van der Waals surface area contributed by atoms with Crippen LogP contribution in [0.5, 0.6) is 11.8 Å². The Balaban J connectivity index is 1.96. The largest absolute Gasteiger partial charge is 0.424 e. The molecular formula is C12H8N2O4. The molecule has 0 amide bonds. The molecule has 0 radical (unpaired) electrons. The fourth-order valence-corrected chi connectivity index (χ4v) is 1.09. The first-order valence-corrected chi connectivity index (χ1v) is 5.02. The molecule has 2 heterocycles. The molecule has 18 heavy (non-hydrogen) atoms. The monoisotopic (exact) mass is 244 g/mol. The molecule has 0 atom stereocenters. The van der Waals surface area contributed by atoms with Gasteiger partial charge in [0.1, 0.15) is 0 Å². The summed E-state index contributed by atoms with van der Waals surface area (Å²) >= 11 is 0. The smallest absolute Gasteiger partial charge is 0.399 e. The molecular weight excluding hydrogens is 236 g/mol. The molecule has 0 aromatic carbocycles. The van der Waals surface area contributed by atoms with Crippen molar-refractivity contribution in [3.8, 4) is 11.8 Å². The molecule has 6 heteroatoms. The normalized spacial score (nSPS) is 9.56. The molecule has 0 unspecified atom stereocenters. The lowest BCUT2D eigenvalue weighted by Gasteiger charge is -2.02. The maximum atomic E-state index is 11.4. The van der Waals surface area contributed by atoms with Gasteiger partial charge in [-0.05, 0) is 12.1 Å². The molecule has 0 saturated carbocycles. The zero-order valence-corrected chi connectivity index (χ0v) is 9.15. The van der Waals surface area contributed by atoms with Crippen LogP contribution in [0.3, 0.4) is 0 Å². The van der Waals surface area contributed by atoms with Gasteiger partial charge in [-0.1, -0.05) is 12.1 Å². The van der Waals surface area contributed by atoms with Crippen LogP contribution in [0, 0.1) is 0 Å². The van der Waals surface area contributed by atoms with Crippen molar-refractivity contribution in [3.05, 3.63) is 48.8 Å². The maximum absolute atomic E-state index is 11.4. The van der Waals surface area contributed by atoms with E-state index in [0.29, 0.717) is 0 Å². The van der Waals surface area contributed by atoms with Crippen LogP contribution in [0.2, 0.25) is 0 Å². The third-order valence-electron chi connectivity index (χ3n) is 1.84. The highest BCUT2D eigenvalue weighted by Crippen LogP contribution is 2.06. The topological polar surface area (TPSA) is 78.4 Å². The van der Waals surface area contributed by atoms with Crippen molar-refractivity contribution in [2.24, 2.45) is 0 Å². The number of pyridine rings is 2. The Kier molecular flexibility index (Phi) is 3.60. The van der Waals surface area contributed by atoms with Crippen molar-refractivity contribution in [1.82, 2.24) is 9.97 Å². The van der Waals surface area contributed by atoms with Crippen LogP contribution in [0.15, 0.2) is 48.8 Å². The van der Waals surface area contributed by atoms with E-state index in [9.17, 15) is 9.59 Å². The number of esters is 2. The number of rotatable bonds is 2. The summed E-state index contributed by atoms with van der Waals surface area (Å²) in [6, 6.07) is 9.46. The fraction of sp³-hybridized carbons (Fsp3) is 0. The van der Waals surface area contributed by atoms with Gasteiger partial charge >= 0.3 is 11.9 Å². The molecule has 0 aliphatic heterocycles. The number of nitrogens with zero attached hydrogens (tertiary/aromatic N) is 2. The first-order valence-electron chi connectivity index (χ1n) is 5.02. The number of carbonyl (C=O) groups excluding carboxylic acids is 2. The summed E-state index contributed by atoms with van der Waals surface area (Å²) < 4.78 is 9.39. The summed E-state index contributed by atoms with van der Waals surface area (Å²) in [5.74, 6) is -2.25. The highest BCUT2D eigenvalue weighted by atomic mass is 16.6. The molecule has 2 aromatic heterocycles. The molecule has 0 fully saturated rings. The average Bonchev–Trinajstić information content (AvgIpc) is 2.41.